The molecule has 1 aliphatic rings. The van der Waals surface area contributed by atoms with Crippen molar-refractivity contribution in [2.75, 3.05) is 7.11 Å². The summed E-state index contributed by atoms with van der Waals surface area (Å²) in [6.45, 7) is 4.84. The van der Waals surface area contributed by atoms with Crippen molar-refractivity contribution < 1.29 is 4.74 Å². The molecule has 0 radical (unpaired) electrons. The molecular weight excluding hydrogens is 286 g/mol. The molecule has 1 aromatic heterocycles. The van der Waals surface area contributed by atoms with Crippen LogP contribution in [0.5, 0.6) is 0 Å². The van der Waals surface area contributed by atoms with Crippen LogP contribution in [0.3, 0.4) is 0 Å². The molecule has 0 saturated heterocycles. The molecule has 0 bridgehead atoms. The fraction of sp³-hybridized carbons (Fsp3) is 0.812. The Balaban J connectivity index is 2.10. The van der Waals surface area contributed by atoms with Crippen LogP contribution in [0.2, 0.25) is 5.02 Å². The van der Waals surface area contributed by atoms with E-state index in [-0.39, 0.29) is 12.1 Å². The molecule has 0 amide bonds. The highest BCUT2D eigenvalue weighted by Crippen LogP contribution is 2.30. The van der Waals surface area contributed by atoms with E-state index < -0.39 is 0 Å². The first-order chi connectivity index (χ1) is 10.1. The lowest BCUT2D eigenvalue weighted by Gasteiger charge is -2.33. The van der Waals surface area contributed by atoms with Gasteiger partial charge in [-0.05, 0) is 32.6 Å². The summed E-state index contributed by atoms with van der Waals surface area (Å²) < 4.78 is 7.71. The summed E-state index contributed by atoms with van der Waals surface area (Å²) in [4.78, 5) is 0. The lowest BCUT2D eigenvalue weighted by Crippen LogP contribution is -2.44. The molecule has 21 heavy (non-hydrogen) atoms. The van der Waals surface area contributed by atoms with Crippen molar-refractivity contribution in [1.29, 1.82) is 0 Å². The molecule has 120 valence electrons. The van der Waals surface area contributed by atoms with Crippen LogP contribution in [0.4, 0.5) is 0 Å². The van der Waals surface area contributed by atoms with Crippen LogP contribution < -0.4 is 5.73 Å². The molecule has 1 aliphatic carbocycles. The monoisotopic (exact) mass is 313 g/mol. The molecule has 1 heterocycles. The second kappa shape index (κ2) is 7.61. The highest BCUT2D eigenvalue weighted by molar-refractivity contribution is 6.31. The molecule has 2 unspecified atom stereocenters. The van der Waals surface area contributed by atoms with E-state index in [1.807, 2.05) is 11.6 Å². The van der Waals surface area contributed by atoms with Crippen LogP contribution in [0.1, 0.15) is 50.4 Å². The van der Waals surface area contributed by atoms with Gasteiger partial charge in [-0.25, -0.2) is 0 Å². The average Bonchev–Trinajstić information content (AvgIpc) is 2.77. The van der Waals surface area contributed by atoms with Crippen LogP contribution in [0.15, 0.2) is 0 Å². The van der Waals surface area contributed by atoms with Crippen LogP contribution in [-0.2, 0) is 17.7 Å². The van der Waals surface area contributed by atoms with E-state index in [4.69, 9.17) is 22.1 Å². The average molecular weight is 314 g/mol. The largest absolute Gasteiger partial charge is 0.380 e. The van der Waals surface area contributed by atoms with E-state index in [9.17, 15) is 0 Å². The predicted octanol–water partition coefficient (Wildman–Crippen LogP) is 3.33. The van der Waals surface area contributed by atoms with E-state index >= 15 is 0 Å². The van der Waals surface area contributed by atoms with Gasteiger partial charge < -0.3 is 10.5 Å². The van der Waals surface area contributed by atoms with Crippen molar-refractivity contribution in [3.63, 3.8) is 0 Å². The number of aryl methyl sites for hydroxylation is 2. The lowest BCUT2D eigenvalue weighted by atomic mass is 9.82. The van der Waals surface area contributed by atoms with Gasteiger partial charge in [-0.2, -0.15) is 5.10 Å². The minimum atomic E-state index is -0.0306. The molecule has 1 saturated carbocycles. The molecule has 0 spiro atoms. The number of halogens is 1. The van der Waals surface area contributed by atoms with Crippen molar-refractivity contribution in [2.45, 2.75) is 71.1 Å². The Morgan fingerprint density at radius 2 is 2.05 bits per heavy atom. The molecule has 2 atom stereocenters. The van der Waals surface area contributed by atoms with Gasteiger partial charge in [0.05, 0.1) is 22.5 Å². The van der Waals surface area contributed by atoms with E-state index in [2.05, 4.69) is 12.0 Å². The van der Waals surface area contributed by atoms with Gasteiger partial charge in [0.1, 0.15) is 0 Å². The Bertz CT molecular complexity index is 455. The summed E-state index contributed by atoms with van der Waals surface area (Å²) in [5.41, 5.74) is 8.39. The quantitative estimate of drug-likeness (QED) is 0.876. The maximum atomic E-state index is 6.47. The summed E-state index contributed by atoms with van der Waals surface area (Å²) in [5, 5.41) is 5.22. The summed E-state index contributed by atoms with van der Waals surface area (Å²) in [7, 11) is 1.78. The standard InChI is InChI=1S/C16H28ClN3O/c1-4-20-14(15(17)11(2)19-20)10-13(18)16(21-3)12-8-6-5-7-9-12/h12-13,16H,4-10,18H2,1-3H3. The normalized spacial score (nSPS) is 19.7. The Kier molecular flexibility index (Phi) is 6.08. The molecular formula is C16H28ClN3O. The number of ether oxygens (including phenoxy) is 1. The SMILES string of the molecule is CCn1nc(C)c(Cl)c1CC(N)C(OC)C1CCCCC1. The third kappa shape index (κ3) is 3.79. The number of hydrogen-bond donors (Lipinski definition) is 1. The van der Waals surface area contributed by atoms with E-state index in [1.54, 1.807) is 7.11 Å². The fourth-order valence-corrected chi connectivity index (χ4v) is 3.80. The van der Waals surface area contributed by atoms with Gasteiger partial charge in [0.25, 0.3) is 0 Å². The number of rotatable bonds is 6. The minimum Gasteiger partial charge on any atom is -0.380 e. The first-order valence-corrected chi connectivity index (χ1v) is 8.46. The molecule has 2 rings (SSSR count). The summed E-state index contributed by atoms with van der Waals surface area (Å²) in [6.07, 6.45) is 7.23. The topological polar surface area (TPSA) is 53.1 Å². The fourth-order valence-electron chi connectivity index (χ4n) is 3.58. The van der Waals surface area contributed by atoms with Crippen molar-refractivity contribution in [3.05, 3.63) is 16.4 Å². The van der Waals surface area contributed by atoms with Gasteiger partial charge in [-0.15, -0.1) is 0 Å². The van der Waals surface area contributed by atoms with Gasteiger partial charge in [0.15, 0.2) is 0 Å². The third-order valence-electron chi connectivity index (χ3n) is 4.69. The second-order valence-electron chi connectivity index (χ2n) is 6.13. The Labute approximate surface area is 133 Å². The Hall–Kier alpha value is -0.580. The van der Waals surface area contributed by atoms with Gasteiger partial charge in [0, 0.05) is 26.1 Å². The third-order valence-corrected chi connectivity index (χ3v) is 5.18. The predicted molar refractivity (Wildman–Crippen MR) is 86.7 cm³/mol. The Morgan fingerprint density at radius 1 is 1.38 bits per heavy atom. The summed E-state index contributed by atoms with van der Waals surface area (Å²) in [6, 6.07) is -0.0306. The van der Waals surface area contributed by atoms with Crippen molar-refractivity contribution >= 4 is 11.6 Å². The van der Waals surface area contributed by atoms with Crippen molar-refractivity contribution in [1.82, 2.24) is 9.78 Å². The number of aromatic nitrogens is 2. The maximum absolute atomic E-state index is 6.47. The van der Waals surface area contributed by atoms with Gasteiger partial charge >= 0.3 is 0 Å². The molecule has 5 heteroatoms. The van der Waals surface area contributed by atoms with Gasteiger partial charge in [0.2, 0.25) is 0 Å². The smallest absolute Gasteiger partial charge is 0.0847 e. The van der Waals surface area contributed by atoms with Crippen LogP contribution in [0.25, 0.3) is 0 Å². The molecule has 4 nitrogen and oxygen atoms in total. The number of nitrogens with two attached hydrogens (primary N) is 1. The molecule has 1 fully saturated rings. The van der Waals surface area contributed by atoms with E-state index in [0.29, 0.717) is 5.92 Å². The number of methoxy groups -OCH3 is 1. The van der Waals surface area contributed by atoms with Crippen LogP contribution >= 0.6 is 11.6 Å². The first-order valence-electron chi connectivity index (χ1n) is 8.08. The van der Waals surface area contributed by atoms with Gasteiger partial charge in [-0.3, -0.25) is 4.68 Å². The summed E-state index contributed by atoms with van der Waals surface area (Å²) in [5.74, 6) is 0.580. The van der Waals surface area contributed by atoms with Crippen LogP contribution in [-0.4, -0.2) is 29.0 Å². The zero-order chi connectivity index (χ0) is 15.4. The zero-order valence-electron chi connectivity index (χ0n) is 13.4. The lowest BCUT2D eigenvalue weighted by molar-refractivity contribution is 0.0175. The molecule has 0 aliphatic heterocycles. The highest BCUT2D eigenvalue weighted by Gasteiger charge is 2.30. The minimum absolute atomic E-state index is 0.0306. The summed E-state index contributed by atoms with van der Waals surface area (Å²) >= 11 is 6.39. The molecule has 0 aromatic carbocycles. The van der Waals surface area contributed by atoms with E-state index in [1.165, 1.54) is 32.1 Å². The van der Waals surface area contributed by atoms with Crippen LogP contribution in [0, 0.1) is 12.8 Å². The maximum Gasteiger partial charge on any atom is 0.0847 e. The first kappa shape index (κ1) is 16.8. The second-order valence-corrected chi connectivity index (χ2v) is 6.51. The number of hydrogen-bond acceptors (Lipinski definition) is 3. The molecule has 2 N–H and O–H groups in total. The van der Waals surface area contributed by atoms with Crippen molar-refractivity contribution in [2.24, 2.45) is 11.7 Å². The Morgan fingerprint density at radius 3 is 2.62 bits per heavy atom. The van der Waals surface area contributed by atoms with E-state index in [0.717, 1.165) is 29.4 Å². The highest BCUT2D eigenvalue weighted by atomic mass is 35.5. The molecule has 1 aromatic rings. The van der Waals surface area contributed by atoms with Gasteiger partial charge in [-0.1, -0.05) is 30.9 Å². The zero-order valence-corrected chi connectivity index (χ0v) is 14.2. The number of nitrogens with zero attached hydrogens (tertiary/aromatic N) is 2. The van der Waals surface area contributed by atoms with Crippen molar-refractivity contribution in [3.8, 4) is 0 Å².